The van der Waals surface area contributed by atoms with Crippen LogP contribution in [0.4, 0.5) is 5.69 Å². The molecule has 0 unspecified atom stereocenters. The van der Waals surface area contributed by atoms with Crippen molar-refractivity contribution in [3.8, 4) is 5.75 Å². The Labute approximate surface area is 112 Å². The van der Waals surface area contributed by atoms with Crippen LogP contribution in [0.25, 0.3) is 0 Å². The van der Waals surface area contributed by atoms with Crippen molar-refractivity contribution in [1.82, 2.24) is 5.43 Å². The highest BCUT2D eigenvalue weighted by Crippen LogP contribution is 2.34. The average Bonchev–Trinajstić information content (AvgIpc) is 2.30. The zero-order valence-corrected chi connectivity index (χ0v) is 11.2. The van der Waals surface area contributed by atoms with Crippen LogP contribution < -0.4 is 16.0 Å². The number of nitro benzene ring substituents is 1. The average molecular weight is 318 g/mol. The van der Waals surface area contributed by atoms with Gasteiger partial charge in [0.05, 0.1) is 18.0 Å². The fourth-order valence-electron chi connectivity index (χ4n) is 1.35. The molecular weight excluding hydrogens is 306 g/mol. The molecule has 0 aliphatic carbocycles. The quantitative estimate of drug-likeness (QED) is 0.369. The monoisotopic (exact) mass is 317 g/mol. The van der Waals surface area contributed by atoms with E-state index < -0.39 is 10.8 Å². The topological polar surface area (TPSA) is 107 Å². The molecule has 0 saturated carbocycles. The Morgan fingerprint density at radius 2 is 2.28 bits per heavy atom. The summed E-state index contributed by atoms with van der Waals surface area (Å²) in [4.78, 5) is 21.3. The van der Waals surface area contributed by atoms with Gasteiger partial charge in [0.2, 0.25) is 5.91 Å². The molecular formula is C10H12BrN3O4. The maximum atomic E-state index is 10.9. The minimum atomic E-state index is -0.532. The number of carbonyl (C=O) groups excluding carboxylic acids is 1. The third-order valence-corrected chi connectivity index (χ3v) is 2.61. The number of amides is 1. The summed E-state index contributed by atoms with van der Waals surface area (Å²) >= 11 is 3.18. The van der Waals surface area contributed by atoms with Gasteiger partial charge in [0.15, 0.2) is 5.75 Å². The van der Waals surface area contributed by atoms with E-state index in [1.54, 1.807) is 13.0 Å². The molecule has 0 saturated heterocycles. The number of benzene rings is 1. The molecule has 0 heterocycles. The lowest BCUT2D eigenvalue weighted by Gasteiger charge is -2.09. The second kappa shape index (κ2) is 6.31. The molecule has 1 aromatic rings. The summed E-state index contributed by atoms with van der Waals surface area (Å²) in [7, 11) is 0. The number of aryl methyl sites for hydroxylation is 1. The van der Waals surface area contributed by atoms with Crippen molar-refractivity contribution in [2.75, 3.05) is 6.61 Å². The summed E-state index contributed by atoms with van der Waals surface area (Å²) in [5.74, 6) is 4.67. The van der Waals surface area contributed by atoms with Gasteiger partial charge in [-0.1, -0.05) is 15.9 Å². The third kappa shape index (κ3) is 3.67. The van der Waals surface area contributed by atoms with E-state index in [-0.39, 0.29) is 24.5 Å². The van der Waals surface area contributed by atoms with Crippen molar-refractivity contribution in [3.63, 3.8) is 0 Å². The summed E-state index contributed by atoms with van der Waals surface area (Å²) in [6.45, 7) is 1.71. The van der Waals surface area contributed by atoms with Crippen LogP contribution in [-0.4, -0.2) is 17.4 Å². The van der Waals surface area contributed by atoms with Gasteiger partial charge in [0.25, 0.3) is 0 Å². The zero-order chi connectivity index (χ0) is 13.7. The maximum Gasteiger partial charge on any atom is 0.312 e. The van der Waals surface area contributed by atoms with E-state index in [2.05, 4.69) is 15.9 Å². The molecule has 18 heavy (non-hydrogen) atoms. The van der Waals surface area contributed by atoms with Crippen LogP contribution in [0.5, 0.6) is 5.75 Å². The van der Waals surface area contributed by atoms with E-state index in [9.17, 15) is 14.9 Å². The van der Waals surface area contributed by atoms with Crippen LogP contribution in [0.15, 0.2) is 16.6 Å². The van der Waals surface area contributed by atoms with Crippen LogP contribution in [0.3, 0.4) is 0 Å². The lowest BCUT2D eigenvalue weighted by molar-refractivity contribution is -0.386. The first-order valence-electron chi connectivity index (χ1n) is 5.02. The summed E-state index contributed by atoms with van der Waals surface area (Å²) in [6.07, 6.45) is 0.0309. The lowest BCUT2D eigenvalue weighted by Crippen LogP contribution is -2.31. The highest BCUT2D eigenvalue weighted by molar-refractivity contribution is 9.10. The van der Waals surface area contributed by atoms with Gasteiger partial charge in [-0.3, -0.25) is 20.3 Å². The largest absolute Gasteiger partial charge is 0.486 e. The molecule has 0 aliphatic rings. The molecule has 0 atom stereocenters. The van der Waals surface area contributed by atoms with Crippen molar-refractivity contribution < 1.29 is 14.5 Å². The fraction of sp³-hybridized carbons (Fsp3) is 0.300. The number of nitrogens with one attached hydrogen (secondary N) is 1. The van der Waals surface area contributed by atoms with Gasteiger partial charge in [0, 0.05) is 10.5 Å². The SMILES string of the molecule is Cc1cc(Br)cc([N+](=O)[O-])c1OCCC(=O)NN. The Balaban J connectivity index is 2.87. The summed E-state index contributed by atoms with van der Waals surface area (Å²) in [6, 6.07) is 3.05. The number of carbonyl (C=O) groups is 1. The highest BCUT2D eigenvalue weighted by atomic mass is 79.9. The molecule has 0 aromatic heterocycles. The third-order valence-electron chi connectivity index (χ3n) is 2.15. The first-order valence-corrected chi connectivity index (χ1v) is 5.81. The fourth-order valence-corrected chi connectivity index (χ4v) is 1.91. The smallest absolute Gasteiger partial charge is 0.312 e. The maximum absolute atomic E-state index is 10.9. The first-order chi connectivity index (χ1) is 8.45. The van der Waals surface area contributed by atoms with Crippen molar-refractivity contribution >= 4 is 27.5 Å². The second-order valence-corrected chi connectivity index (χ2v) is 4.41. The predicted molar refractivity (Wildman–Crippen MR) is 68.0 cm³/mol. The van der Waals surface area contributed by atoms with Crippen molar-refractivity contribution in [3.05, 3.63) is 32.3 Å². The van der Waals surface area contributed by atoms with Gasteiger partial charge >= 0.3 is 5.69 Å². The molecule has 7 nitrogen and oxygen atoms in total. The number of rotatable bonds is 5. The molecule has 1 aromatic carbocycles. The Kier molecular flexibility index (Phi) is 5.05. The van der Waals surface area contributed by atoms with E-state index in [1.807, 2.05) is 5.43 Å². The van der Waals surface area contributed by atoms with Gasteiger partial charge in [-0.2, -0.15) is 0 Å². The van der Waals surface area contributed by atoms with Crippen LogP contribution in [-0.2, 0) is 4.79 Å². The first kappa shape index (κ1) is 14.4. The van der Waals surface area contributed by atoms with Crippen LogP contribution in [0.2, 0.25) is 0 Å². The standard InChI is InChI=1S/C10H12BrN3O4/c1-6-4-7(11)5-8(14(16)17)10(6)18-3-2-9(15)13-12/h4-5H,2-3,12H2,1H3,(H,13,15). The molecule has 0 spiro atoms. The molecule has 1 amide bonds. The van der Waals surface area contributed by atoms with Crippen molar-refractivity contribution in [2.45, 2.75) is 13.3 Å². The van der Waals surface area contributed by atoms with E-state index in [0.29, 0.717) is 10.0 Å². The van der Waals surface area contributed by atoms with Gasteiger partial charge < -0.3 is 4.74 Å². The molecule has 0 fully saturated rings. The van der Waals surface area contributed by atoms with E-state index in [4.69, 9.17) is 10.6 Å². The van der Waals surface area contributed by atoms with E-state index >= 15 is 0 Å². The second-order valence-electron chi connectivity index (χ2n) is 3.49. The van der Waals surface area contributed by atoms with E-state index in [1.165, 1.54) is 6.07 Å². The number of ether oxygens (including phenoxy) is 1. The Hall–Kier alpha value is -1.67. The number of hydrogen-bond acceptors (Lipinski definition) is 5. The van der Waals surface area contributed by atoms with Crippen LogP contribution >= 0.6 is 15.9 Å². The lowest BCUT2D eigenvalue weighted by atomic mass is 10.2. The van der Waals surface area contributed by atoms with Gasteiger partial charge in [0.1, 0.15) is 0 Å². The van der Waals surface area contributed by atoms with Gasteiger partial charge in [-0.05, 0) is 18.6 Å². The molecule has 98 valence electrons. The number of nitrogens with two attached hydrogens (primary N) is 1. The van der Waals surface area contributed by atoms with Gasteiger partial charge in [-0.15, -0.1) is 0 Å². The minimum absolute atomic E-state index is 0.0202. The minimum Gasteiger partial charge on any atom is -0.486 e. The summed E-state index contributed by atoms with van der Waals surface area (Å²) in [5, 5.41) is 10.9. The van der Waals surface area contributed by atoms with Gasteiger partial charge in [-0.25, -0.2) is 5.84 Å². The normalized spacial score (nSPS) is 9.94. The van der Waals surface area contributed by atoms with Crippen LogP contribution in [0, 0.1) is 17.0 Å². The summed E-state index contributed by atoms with van der Waals surface area (Å²) in [5.41, 5.74) is 2.42. The molecule has 1 rings (SSSR count). The Morgan fingerprint density at radius 3 is 2.83 bits per heavy atom. The highest BCUT2D eigenvalue weighted by Gasteiger charge is 2.19. The molecule has 0 radical (unpaired) electrons. The molecule has 0 aliphatic heterocycles. The van der Waals surface area contributed by atoms with E-state index in [0.717, 1.165) is 0 Å². The number of hydrazine groups is 1. The Bertz CT molecular complexity index is 478. The zero-order valence-electron chi connectivity index (χ0n) is 9.60. The van der Waals surface area contributed by atoms with Crippen molar-refractivity contribution in [2.24, 2.45) is 5.84 Å². The molecule has 0 bridgehead atoms. The van der Waals surface area contributed by atoms with Crippen molar-refractivity contribution in [1.29, 1.82) is 0 Å². The predicted octanol–water partition coefficient (Wildman–Crippen LogP) is 1.42. The Morgan fingerprint density at radius 1 is 1.61 bits per heavy atom. The summed E-state index contributed by atoms with van der Waals surface area (Å²) < 4.78 is 5.87. The number of nitrogens with zero attached hydrogens (tertiary/aromatic N) is 1. The number of nitro groups is 1. The van der Waals surface area contributed by atoms with Crippen LogP contribution in [0.1, 0.15) is 12.0 Å². The number of halogens is 1. The number of hydrogen-bond donors (Lipinski definition) is 2. The molecule has 8 heteroatoms. The molecule has 3 N–H and O–H groups in total.